The van der Waals surface area contributed by atoms with Gasteiger partial charge in [0.05, 0.1) is 10.7 Å². The third-order valence-electron chi connectivity index (χ3n) is 2.32. The van der Waals surface area contributed by atoms with E-state index in [4.69, 9.17) is 0 Å². The van der Waals surface area contributed by atoms with Gasteiger partial charge >= 0.3 is 0 Å². The van der Waals surface area contributed by atoms with Crippen molar-refractivity contribution in [1.29, 1.82) is 0 Å². The maximum Gasteiger partial charge on any atom is 0.0984 e. The number of nitrogens with zero attached hydrogens (tertiary/aromatic N) is 1. The van der Waals surface area contributed by atoms with E-state index in [1.54, 1.807) is 0 Å². The Hall–Kier alpha value is -0.410. The molecule has 1 aromatic rings. The highest BCUT2D eigenvalue weighted by Crippen LogP contribution is 2.24. The molecular weight excluding hydrogens is 180 g/mol. The van der Waals surface area contributed by atoms with Gasteiger partial charge in [-0.05, 0) is 12.3 Å². The molecule has 1 N–H and O–H groups in total. The number of aromatic nitrogens is 1. The van der Waals surface area contributed by atoms with Gasteiger partial charge in [0.25, 0.3) is 0 Å². The van der Waals surface area contributed by atoms with Crippen molar-refractivity contribution in [2.75, 3.05) is 13.1 Å². The van der Waals surface area contributed by atoms with Gasteiger partial charge in [0.15, 0.2) is 0 Å². The molecule has 0 atom stereocenters. The van der Waals surface area contributed by atoms with Gasteiger partial charge in [0, 0.05) is 24.4 Å². The molecule has 2 nitrogen and oxygen atoms in total. The van der Waals surface area contributed by atoms with Gasteiger partial charge in [-0.2, -0.15) is 0 Å². The summed E-state index contributed by atoms with van der Waals surface area (Å²) in [6.07, 6.45) is 1.12. The molecule has 1 fully saturated rings. The van der Waals surface area contributed by atoms with Crippen LogP contribution in [-0.2, 0) is 6.42 Å². The summed E-state index contributed by atoms with van der Waals surface area (Å²) in [5.41, 5.74) is 1.28. The quantitative estimate of drug-likeness (QED) is 0.800. The number of rotatable bonds is 3. The Labute approximate surface area is 83.4 Å². The van der Waals surface area contributed by atoms with Crippen LogP contribution in [0.2, 0.25) is 0 Å². The predicted octanol–water partition coefficient (Wildman–Crippen LogP) is 2.03. The second kappa shape index (κ2) is 3.76. The largest absolute Gasteiger partial charge is 0.315 e. The summed E-state index contributed by atoms with van der Waals surface area (Å²) in [6.45, 7) is 6.72. The summed E-state index contributed by atoms with van der Waals surface area (Å²) in [6, 6.07) is 0. The van der Waals surface area contributed by atoms with Crippen LogP contribution in [0.5, 0.6) is 0 Å². The lowest BCUT2D eigenvalue weighted by atomic mass is 10.0. The van der Waals surface area contributed by atoms with E-state index in [-0.39, 0.29) is 0 Å². The summed E-state index contributed by atoms with van der Waals surface area (Å²) in [5.74, 6) is 1.42. The minimum Gasteiger partial charge on any atom is -0.315 e. The fourth-order valence-corrected chi connectivity index (χ4v) is 2.42. The first-order valence-corrected chi connectivity index (χ1v) is 5.78. The Kier molecular flexibility index (Phi) is 2.65. The molecule has 0 aliphatic carbocycles. The molecule has 3 heteroatoms. The van der Waals surface area contributed by atoms with Gasteiger partial charge in [-0.3, -0.25) is 0 Å². The van der Waals surface area contributed by atoms with Crippen LogP contribution in [0.25, 0.3) is 0 Å². The fourth-order valence-electron chi connectivity index (χ4n) is 1.49. The lowest BCUT2D eigenvalue weighted by molar-refractivity contribution is 0.446. The maximum atomic E-state index is 4.65. The molecule has 1 aromatic heterocycles. The molecule has 0 aromatic carbocycles. The first kappa shape index (κ1) is 9.16. The predicted molar refractivity (Wildman–Crippen MR) is 56.3 cm³/mol. The normalized spacial score (nSPS) is 17.8. The first-order chi connectivity index (χ1) is 6.25. The van der Waals surface area contributed by atoms with Crippen LogP contribution in [0, 0.1) is 5.92 Å². The zero-order valence-electron chi connectivity index (χ0n) is 8.21. The Morgan fingerprint density at radius 2 is 2.38 bits per heavy atom. The molecule has 0 unspecified atom stereocenters. The van der Waals surface area contributed by atoms with E-state index in [2.05, 4.69) is 29.5 Å². The van der Waals surface area contributed by atoms with Crippen molar-refractivity contribution in [2.24, 2.45) is 5.92 Å². The molecule has 72 valence electrons. The fraction of sp³-hybridized carbons (Fsp3) is 0.700. The molecule has 1 aliphatic rings. The second-order valence-corrected chi connectivity index (χ2v) is 5.02. The van der Waals surface area contributed by atoms with Crippen molar-refractivity contribution in [2.45, 2.75) is 26.2 Å². The number of hydrogen-bond donors (Lipinski definition) is 1. The molecule has 1 saturated heterocycles. The third-order valence-corrected chi connectivity index (χ3v) is 3.37. The zero-order valence-corrected chi connectivity index (χ0v) is 9.03. The van der Waals surface area contributed by atoms with E-state index in [1.165, 1.54) is 10.7 Å². The average molecular weight is 196 g/mol. The Morgan fingerprint density at radius 1 is 1.62 bits per heavy atom. The van der Waals surface area contributed by atoms with Crippen LogP contribution in [-0.4, -0.2) is 18.1 Å². The van der Waals surface area contributed by atoms with Crippen molar-refractivity contribution in [3.63, 3.8) is 0 Å². The summed E-state index contributed by atoms with van der Waals surface area (Å²) < 4.78 is 0. The van der Waals surface area contributed by atoms with E-state index in [0.29, 0.717) is 5.92 Å². The molecule has 2 heterocycles. The Morgan fingerprint density at radius 3 is 2.92 bits per heavy atom. The van der Waals surface area contributed by atoms with Crippen LogP contribution < -0.4 is 5.32 Å². The summed E-state index contributed by atoms with van der Waals surface area (Å²) in [4.78, 5) is 4.65. The summed E-state index contributed by atoms with van der Waals surface area (Å²) >= 11 is 1.82. The van der Waals surface area contributed by atoms with Crippen LogP contribution in [0.4, 0.5) is 0 Å². The van der Waals surface area contributed by atoms with E-state index in [0.717, 1.165) is 25.4 Å². The topological polar surface area (TPSA) is 24.9 Å². The highest BCUT2D eigenvalue weighted by atomic mass is 32.1. The zero-order chi connectivity index (χ0) is 9.26. The lowest BCUT2D eigenvalue weighted by Crippen LogP contribution is -2.39. The number of thiazole rings is 1. The standard InChI is InChI=1S/C10H16N2S/c1-7(2)3-9-6-13-10(12-9)8-4-11-5-8/h6-8,11H,3-5H2,1-2H3. The molecule has 13 heavy (non-hydrogen) atoms. The SMILES string of the molecule is CC(C)Cc1csc(C2CNC2)n1. The van der Waals surface area contributed by atoms with Gasteiger partial charge in [-0.15, -0.1) is 11.3 Å². The second-order valence-electron chi connectivity index (χ2n) is 4.13. The lowest BCUT2D eigenvalue weighted by Gasteiger charge is -2.24. The molecule has 0 spiro atoms. The number of nitrogens with one attached hydrogen (secondary N) is 1. The van der Waals surface area contributed by atoms with E-state index < -0.39 is 0 Å². The van der Waals surface area contributed by atoms with Gasteiger partial charge in [0.1, 0.15) is 0 Å². The van der Waals surface area contributed by atoms with Crippen LogP contribution in [0.1, 0.15) is 30.5 Å². The van der Waals surface area contributed by atoms with E-state index in [1.807, 2.05) is 11.3 Å². The summed E-state index contributed by atoms with van der Waals surface area (Å²) in [5, 5.41) is 6.82. The van der Waals surface area contributed by atoms with E-state index >= 15 is 0 Å². The monoisotopic (exact) mass is 196 g/mol. The molecule has 0 bridgehead atoms. The minimum absolute atomic E-state index is 0.700. The van der Waals surface area contributed by atoms with Crippen molar-refractivity contribution in [3.05, 3.63) is 16.1 Å². The average Bonchev–Trinajstić information content (AvgIpc) is 2.31. The van der Waals surface area contributed by atoms with E-state index in [9.17, 15) is 0 Å². The molecule has 2 rings (SSSR count). The van der Waals surface area contributed by atoms with Crippen LogP contribution >= 0.6 is 11.3 Å². The van der Waals surface area contributed by atoms with Crippen LogP contribution in [0.15, 0.2) is 5.38 Å². The van der Waals surface area contributed by atoms with Crippen molar-refractivity contribution in [3.8, 4) is 0 Å². The first-order valence-electron chi connectivity index (χ1n) is 4.90. The van der Waals surface area contributed by atoms with Gasteiger partial charge in [-0.25, -0.2) is 4.98 Å². The highest BCUT2D eigenvalue weighted by molar-refractivity contribution is 7.09. The maximum absolute atomic E-state index is 4.65. The van der Waals surface area contributed by atoms with Crippen molar-refractivity contribution in [1.82, 2.24) is 10.3 Å². The number of hydrogen-bond acceptors (Lipinski definition) is 3. The van der Waals surface area contributed by atoms with Crippen LogP contribution in [0.3, 0.4) is 0 Å². The van der Waals surface area contributed by atoms with Gasteiger partial charge in [0.2, 0.25) is 0 Å². The van der Waals surface area contributed by atoms with Gasteiger partial charge in [-0.1, -0.05) is 13.8 Å². The van der Waals surface area contributed by atoms with Crippen molar-refractivity contribution < 1.29 is 0 Å². The molecule has 0 radical (unpaired) electrons. The molecule has 1 aliphatic heterocycles. The Bertz CT molecular complexity index is 276. The molecule has 0 saturated carbocycles. The smallest absolute Gasteiger partial charge is 0.0984 e. The van der Waals surface area contributed by atoms with Gasteiger partial charge < -0.3 is 5.32 Å². The highest BCUT2D eigenvalue weighted by Gasteiger charge is 2.21. The third kappa shape index (κ3) is 2.09. The summed E-state index contributed by atoms with van der Waals surface area (Å²) in [7, 11) is 0. The minimum atomic E-state index is 0.700. The molecular formula is C10H16N2S. The molecule has 0 amide bonds. The Balaban J connectivity index is 2.00. The van der Waals surface area contributed by atoms with Crippen molar-refractivity contribution >= 4 is 11.3 Å².